The Kier molecular flexibility index (Phi) is 5.41. The number of anilines is 1. The molecule has 0 aliphatic carbocycles. The van der Waals surface area contributed by atoms with Gasteiger partial charge in [0, 0.05) is 11.2 Å². The van der Waals surface area contributed by atoms with Crippen molar-refractivity contribution in [1.82, 2.24) is 9.78 Å². The zero-order valence-electron chi connectivity index (χ0n) is 14.2. The summed E-state index contributed by atoms with van der Waals surface area (Å²) in [6.45, 7) is 4.20. The van der Waals surface area contributed by atoms with Gasteiger partial charge >= 0.3 is 0 Å². The summed E-state index contributed by atoms with van der Waals surface area (Å²) >= 11 is 9.26. The van der Waals surface area contributed by atoms with E-state index in [4.69, 9.17) is 11.6 Å². The van der Waals surface area contributed by atoms with Crippen LogP contribution in [-0.4, -0.2) is 18.2 Å². The van der Waals surface area contributed by atoms with Gasteiger partial charge in [0.2, 0.25) is 0 Å². The molecule has 1 heterocycles. The number of aryl methyl sites for hydroxylation is 2. The molecule has 3 rings (SSSR count). The molecule has 0 spiro atoms. The molecule has 2 aromatic carbocycles. The van der Waals surface area contributed by atoms with Crippen LogP contribution in [0.15, 0.2) is 58.0 Å². The van der Waals surface area contributed by atoms with Crippen molar-refractivity contribution in [1.29, 1.82) is 0 Å². The first-order valence-electron chi connectivity index (χ1n) is 7.82. The molecule has 0 unspecified atom stereocenters. The Hall–Kier alpha value is -1.83. The molecule has 0 aliphatic heterocycles. The Balaban J connectivity index is 1.83. The van der Waals surface area contributed by atoms with Crippen molar-refractivity contribution in [2.75, 3.05) is 4.72 Å². The van der Waals surface area contributed by atoms with Gasteiger partial charge < -0.3 is 0 Å². The van der Waals surface area contributed by atoms with Gasteiger partial charge in [0.25, 0.3) is 10.0 Å². The van der Waals surface area contributed by atoms with E-state index in [9.17, 15) is 8.42 Å². The molecule has 0 bridgehead atoms. The van der Waals surface area contributed by atoms with Gasteiger partial charge in [-0.3, -0.25) is 9.40 Å². The normalized spacial score (nSPS) is 11.5. The van der Waals surface area contributed by atoms with E-state index in [1.54, 1.807) is 42.1 Å². The lowest BCUT2D eigenvalue weighted by molar-refractivity contribution is 0.600. The van der Waals surface area contributed by atoms with Crippen LogP contribution < -0.4 is 4.72 Å². The molecule has 0 amide bonds. The van der Waals surface area contributed by atoms with Gasteiger partial charge in [-0.15, -0.1) is 0 Å². The maximum atomic E-state index is 12.7. The van der Waals surface area contributed by atoms with Crippen LogP contribution in [0.2, 0.25) is 5.02 Å². The van der Waals surface area contributed by atoms with E-state index >= 15 is 0 Å². The predicted octanol–water partition coefficient (Wildman–Crippen LogP) is 4.76. The molecular formula is C18H17BrClN3O2S. The Morgan fingerprint density at radius 2 is 1.85 bits per heavy atom. The van der Waals surface area contributed by atoms with Crippen LogP contribution in [0.4, 0.5) is 5.82 Å². The highest BCUT2D eigenvalue weighted by Gasteiger charge is 2.20. The summed E-state index contributed by atoms with van der Waals surface area (Å²) in [6.07, 6.45) is 1.73. The van der Waals surface area contributed by atoms with Crippen molar-refractivity contribution in [3.8, 4) is 0 Å². The quantitative estimate of drug-likeness (QED) is 0.604. The molecule has 0 aliphatic rings. The van der Waals surface area contributed by atoms with Crippen molar-refractivity contribution in [3.05, 3.63) is 74.8 Å². The fraction of sp³-hybridized carbons (Fsp3) is 0.167. The van der Waals surface area contributed by atoms with Gasteiger partial charge in [0.15, 0.2) is 5.82 Å². The summed E-state index contributed by atoms with van der Waals surface area (Å²) in [4.78, 5) is 0.238. The smallest absolute Gasteiger partial charge is 0.263 e. The summed E-state index contributed by atoms with van der Waals surface area (Å²) in [7, 11) is -3.72. The van der Waals surface area contributed by atoms with Crippen molar-refractivity contribution in [2.45, 2.75) is 25.3 Å². The van der Waals surface area contributed by atoms with Gasteiger partial charge in [-0.05, 0) is 59.1 Å². The minimum absolute atomic E-state index is 0.238. The van der Waals surface area contributed by atoms with E-state index in [-0.39, 0.29) is 10.7 Å². The van der Waals surface area contributed by atoms with Crippen LogP contribution >= 0.6 is 27.5 Å². The number of sulfonamides is 1. The van der Waals surface area contributed by atoms with Crippen LogP contribution in [0, 0.1) is 13.8 Å². The number of rotatable bonds is 5. The van der Waals surface area contributed by atoms with Gasteiger partial charge in [-0.2, -0.15) is 5.10 Å². The highest BCUT2D eigenvalue weighted by Crippen LogP contribution is 2.25. The molecule has 8 heteroatoms. The van der Waals surface area contributed by atoms with Gasteiger partial charge in [-0.1, -0.05) is 41.4 Å². The van der Waals surface area contributed by atoms with Crippen molar-refractivity contribution >= 4 is 43.4 Å². The minimum atomic E-state index is -3.72. The zero-order chi connectivity index (χ0) is 18.9. The first kappa shape index (κ1) is 18.9. The third-order valence-corrected chi connectivity index (χ3v) is 6.16. The van der Waals surface area contributed by atoms with Gasteiger partial charge in [0.1, 0.15) is 0 Å². The largest absolute Gasteiger partial charge is 0.265 e. The molecule has 0 fully saturated rings. The summed E-state index contributed by atoms with van der Waals surface area (Å²) < 4.78 is 30.2. The van der Waals surface area contributed by atoms with E-state index in [0.29, 0.717) is 21.6 Å². The number of nitrogens with zero attached hydrogens (tertiary/aromatic N) is 2. The number of hydrogen-bond acceptors (Lipinski definition) is 3. The summed E-state index contributed by atoms with van der Waals surface area (Å²) in [6, 6.07) is 12.6. The van der Waals surface area contributed by atoms with Crippen LogP contribution in [0.5, 0.6) is 0 Å². The number of benzene rings is 2. The van der Waals surface area contributed by atoms with Crippen LogP contribution in [-0.2, 0) is 16.6 Å². The Bertz CT molecular complexity index is 1050. The van der Waals surface area contributed by atoms with Gasteiger partial charge in [-0.25, -0.2) is 8.42 Å². The van der Waals surface area contributed by atoms with Crippen LogP contribution in [0.25, 0.3) is 0 Å². The van der Waals surface area contributed by atoms with Crippen LogP contribution in [0.1, 0.15) is 16.7 Å². The molecule has 1 N–H and O–H groups in total. The third-order valence-electron chi connectivity index (χ3n) is 3.83. The first-order valence-corrected chi connectivity index (χ1v) is 10.5. The summed E-state index contributed by atoms with van der Waals surface area (Å²) in [5, 5.41) is 5.00. The second kappa shape index (κ2) is 7.42. The lowest BCUT2D eigenvalue weighted by Crippen LogP contribution is -2.15. The third kappa shape index (κ3) is 4.28. The molecule has 3 aromatic rings. The SMILES string of the molecule is Cc1ccc(S(=O)(=O)Nc2nn(Cc3ccc(Cl)cc3)cc2Br)c(C)c1. The minimum Gasteiger partial charge on any atom is -0.265 e. The van der Waals surface area contributed by atoms with Crippen LogP contribution in [0.3, 0.4) is 0 Å². The monoisotopic (exact) mass is 453 g/mol. The lowest BCUT2D eigenvalue weighted by Gasteiger charge is -2.09. The number of halogens is 2. The predicted molar refractivity (Wildman–Crippen MR) is 107 cm³/mol. The molecular weight excluding hydrogens is 438 g/mol. The molecule has 0 radical (unpaired) electrons. The van der Waals surface area contributed by atoms with Gasteiger partial charge in [0.05, 0.1) is 15.9 Å². The fourth-order valence-corrected chi connectivity index (χ4v) is 4.52. The van der Waals surface area contributed by atoms with E-state index < -0.39 is 10.0 Å². The summed E-state index contributed by atoms with van der Waals surface area (Å²) in [5.74, 6) is 0.249. The zero-order valence-corrected chi connectivity index (χ0v) is 17.4. The maximum absolute atomic E-state index is 12.7. The maximum Gasteiger partial charge on any atom is 0.263 e. The molecule has 5 nitrogen and oxygen atoms in total. The topological polar surface area (TPSA) is 64.0 Å². The average Bonchev–Trinajstić information content (AvgIpc) is 2.88. The van der Waals surface area contributed by atoms with E-state index in [0.717, 1.165) is 11.1 Å². The number of nitrogens with one attached hydrogen (secondary N) is 1. The Morgan fingerprint density at radius 3 is 2.50 bits per heavy atom. The molecule has 0 saturated carbocycles. The fourth-order valence-electron chi connectivity index (χ4n) is 2.61. The molecule has 26 heavy (non-hydrogen) atoms. The Labute approximate surface area is 166 Å². The standard InChI is InChI=1S/C18H17BrClN3O2S/c1-12-3-8-17(13(2)9-12)26(24,25)22-18-16(19)11-23(21-18)10-14-4-6-15(20)7-5-14/h3-9,11H,10H2,1-2H3,(H,21,22). The summed E-state index contributed by atoms with van der Waals surface area (Å²) in [5.41, 5.74) is 2.71. The highest BCUT2D eigenvalue weighted by atomic mass is 79.9. The van der Waals surface area contributed by atoms with Crippen molar-refractivity contribution in [3.63, 3.8) is 0 Å². The molecule has 0 atom stereocenters. The molecule has 136 valence electrons. The first-order chi connectivity index (χ1) is 12.2. The highest BCUT2D eigenvalue weighted by molar-refractivity contribution is 9.10. The van der Waals surface area contributed by atoms with E-state index in [1.807, 2.05) is 25.1 Å². The molecule has 0 saturated heterocycles. The average molecular weight is 455 g/mol. The van der Waals surface area contributed by atoms with Crippen molar-refractivity contribution in [2.24, 2.45) is 0 Å². The Morgan fingerprint density at radius 1 is 1.15 bits per heavy atom. The van der Waals surface area contributed by atoms with Crippen molar-refractivity contribution < 1.29 is 8.42 Å². The molecule has 1 aromatic heterocycles. The number of hydrogen-bond donors (Lipinski definition) is 1. The second-order valence-electron chi connectivity index (χ2n) is 6.02. The second-order valence-corrected chi connectivity index (χ2v) is 8.97. The van der Waals surface area contributed by atoms with E-state index in [2.05, 4.69) is 25.8 Å². The lowest BCUT2D eigenvalue weighted by atomic mass is 10.2. The van der Waals surface area contributed by atoms with E-state index in [1.165, 1.54) is 0 Å². The number of aromatic nitrogens is 2.